The Bertz CT molecular complexity index is 531. The number of anilines is 1. The molecule has 20 heavy (non-hydrogen) atoms. The molecule has 0 bridgehead atoms. The lowest BCUT2D eigenvalue weighted by atomic mass is 10.1. The summed E-state index contributed by atoms with van der Waals surface area (Å²) in [6, 6.07) is 5.59. The number of rotatable bonds is 5. The number of primary amides is 1. The largest absolute Gasteiger partial charge is 0.389 e. The zero-order valence-electron chi connectivity index (χ0n) is 11.3. The summed E-state index contributed by atoms with van der Waals surface area (Å²) >= 11 is 1.48. The van der Waals surface area contributed by atoms with Gasteiger partial charge in [-0.1, -0.05) is 6.07 Å². The Kier molecular flexibility index (Phi) is 4.67. The van der Waals surface area contributed by atoms with Gasteiger partial charge in [0, 0.05) is 17.9 Å². The van der Waals surface area contributed by atoms with Crippen LogP contribution < -0.4 is 10.6 Å². The van der Waals surface area contributed by atoms with Crippen molar-refractivity contribution in [1.29, 1.82) is 0 Å². The maximum absolute atomic E-state index is 12.0. The van der Waals surface area contributed by atoms with Gasteiger partial charge in [-0.15, -0.1) is 11.8 Å². The van der Waals surface area contributed by atoms with Gasteiger partial charge in [-0.3, -0.25) is 9.59 Å². The van der Waals surface area contributed by atoms with Gasteiger partial charge < -0.3 is 15.7 Å². The Morgan fingerprint density at radius 3 is 2.95 bits per heavy atom. The molecule has 1 atom stereocenters. The van der Waals surface area contributed by atoms with Gasteiger partial charge in [0.1, 0.15) is 0 Å². The number of nitrogens with zero attached hydrogens (tertiary/aromatic N) is 1. The van der Waals surface area contributed by atoms with E-state index in [9.17, 15) is 14.7 Å². The quantitative estimate of drug-likeness (QED) is 0.861. The lowest BCUT2D eigenvalue weighted by Gasteiger charge is -2.29. The summed E-state index contributed by atoms with van der Waals surface area (Å²) in [4.78, 5) is 25.4. The lowest BCUT2D eigenvalue weighted by molar-refractivity contribution is -0.119. The Balaban J connectivity index is 2.18. The molecule has 2 amide bonds. The van der Waals surface area contributed by atoms with Crippen LogP contribution in [-0.4, -0.2) is 29.2 Å². The molecule has 1 aromatic rings. The van der Waals surface area contributed by atoms with Crippen molar-refractivity contribution in [2.75, 3.05) is 17.2 Å². The number of aliphatic hydroxyl groups is 1. The topological polar surface area (TPSA) is 83.6 Å². The van der Waals surface area contributed by atoms with Crippen LogP contribution in [-0.2, 0) is 9.59 Å². The molecule has 0 saturated carbocycles. The fourth-order valence-electron chi connectivity index (χ4n) is 2.14. The SMILES string of the molecule is CC(O)c1ccc2c(c1)SCC(=O)N2CCCC(N)=O. The second-order valence-corrected chi connectivity index (χ2v) is 5.82. The minimum atomic E-state index is -0.526. The first kappa shape index (κ1) is 14.9. The molecule has 6 heteroatoms. The number of benzene rings is 1. The Morgan fingerprint density at radius 2 is 2.30 bits per heavy atom. The number of fused-ring (bicyclic) bond motifs is 1. The number of nitrogens with two attached hydrogens (primary N) is 1. The minimum Gasteiger partial charge on any atom is -0.389 e. The molecule has 1 aliphatic rings. The summed E-state index contributed by atoms with van der Waals surface area (Å²) in [6.45, 7) is 2.20. The molecule has 3 N–H and O–H groups in total. The average molecular weight is 294 g/mol. The molecule has 1 aliphatic heterocycles. The normalized spacial score (nSPS) is 15.9. The van der Waals surface area contributed by atoms with E-state index in [1.807, 2.05) is 18.2 Å². The van der Waals surface area contributed by atoms with Gasteiger partial charge in [0.15, 0.2) is 0 Å². The summed E-state index contributed by atoms with van der Waals surface area (Å²) in [6.07, 6.45) is 0.309. The van der Waals surface area contributed by atoms with Crippen LogP contribution in [0.1, 0.15) is 31.4 Å². The first-order chi connectivity index (χ1) is 9.49. The van der Waals surface area contributed by atoms with E-state index in [0.29, 0.717) is 18.7 Å². The number of hydrogen-bond acceptors (Lipinski definition) is 4. The second-order valence-electron chi connectivity index (χ2n) is 4.81. The third kappa shape index (κ3) is 3.32. The molecular weight excluding hydrogens is 276 g/mol. The first-order valence-electron chi connectivity index (χ1n) is 6.52. The van der Waals surface area contributed by atoms with Crippen LogP contribution in [0, 0.1) is 0 Å². The number of aliphatic hydroxyl groups excluding tert-OH is 1. The minimum absolute atomic E-state index is 0.0387. The standard InChI is InChI=1S/C14H18N2O3S/c1-9(17)10-4-5-11-12(7-10)20-8-14(19)16(11)6-2-3-13(15)18/h4-5,7,9,17H,2-3,6,8H2,1H3,(H2,15,18). The third-order valence-corrected chi connectivity index (χ3v) is 4.24. The molecular formula is C14H18N2O3S. The highest BCUT2D eigenvalue weighted by Gasteiger charge is 2.24. The molecule has 0 fully saturated rings. The molecule has 108 valence electrons. The second kappa shape index (κ2) is 6.28. The zero-order valence-corrected chi connectivity index (χ0v) is 12.2. The van der Waals surface area contributed by atoms with Crippen LogP contribution in [0.4, 0.5) is 5.69 Å². The van der Waals surface area contributed by atoms with Crippen LogP contribution in [0.5, 0.6) is 0 Å². The summed E-state index contributed by atoms with van der Waals surface area (Å²) in [5.41, 5.74) is 6.80. The van der Waals surface area contributed by atoms with Crippen molar-refractivity contribution in [3.8, 4) is 0 Å². The molecule has 0 saturated heterocycles. The number of carbonyl (C=O) groups is 2. The third-order valence-electron chi connectivity index (χ3n) is 3.21. The Hall–Kier alpha value is -1.53. The molecule has 0 aliphatic carbocycles. The average Bonchev–Trinajstić information content (AvgIpc) is 2.40. The highest BCUT2D eigenvalue weighted by atomic mass is 32.2. The van der Waals surface area contributed by atoms with Gasteiger partial charge in [0.05, 0.1) is 17.5 Å². The predicted molar refractivity (Wildman–Crippen MR) is 78.6 cm³/mol. The van der Waals surface area contributed by atoms with Crippen LogP contribution in [0.25, 0.3) is 0 Å². The van der Waals surface area contributed by atoms with E-state index in [1.165, 1.54) is 11.8 Å². The molecule has 0 aromatic heterocycles. The summed E-state index contributed by atoms with van der Waals surface area (Å²) in [5, 5.41) is 9.60. The van der Waals surface area contributed by atoms with E-state index in [0.717, 1.165) is 16.1 Å². The van der Waals surface area contributed by atoms with Gasteiger partial charge in [0.25, 0.3) is 0 Å². The van der Waals surface area contributed by atoms with E-state index in [-0.39, 0.29) is 18.2 Å². The van der Waals surface area contributed by atoms with Crippen molar-refractivity contribution in [2.45, 2.75) is 30.8 Å². The summed E-state index contributed by atoms with van der Waals surface area (Å²) in [5.74, 6) is 0.0672. The molecule has 0 spiro atoms. The molecule has 0 radical (unpaired) electrons. The van der Waals surface area contributed by atoms with Crippen LogP contribution >= 0.6 is 11.8 Å². The maximum atomic E-state index is 12.0. The number of amides is 2. The summed E-state index contributed by atoms with van der Waals surface area (Å²) in [7, 11) is 0. The molecule has 2 rings (SSSR count). The maximum Gasteiger partial charge on any atom is 0.237 e. The van der Waals surface area contributed by atoms with E-state index < -0.39 is 6.10 Å². The highest BCUT2D eigenvalue weighted by molar-refractivity contribution is 8.00. The monoisotopic (exact) mass is 294 g/mol. The van der Waals surface area contributed by atoms with Gasteiger partial charge >= 0.3 is 0 Å². The van der Waals surface area contributed by atoms with Crippen molar-refractivity contribution in [2.24, 2.45) is 5.73 Å². The number of carbonyl (C=O) groups excluding carboxylic acids is 2. The predicted octanol–water partition coefficient (Wildman–Crippen LogP) is 1.44. The van der Waals surface area contributed by atoms with Crippen LogP contribution in [0.3, 0.4) is 0 Å². The van der Waals surface area contributed by atoms with Crippen LogP contribution in [0.15, 0.2) is 23.1 Å². The Morgan fingerprint density at radius 1 is 1.55 bits per heavy atom. The first-order valence-corrected chi connectivity index (χ1v) is 7.51. The highest BCUT2D eigenvalue weighted by Crippen LogP contribution is 2.37. The van der Waals surface area contributed by atoms with Crippen LogP contribution in [0.2, 0.25) is 0 Å². The molecule has 1 aromatic carbocycles. The smallest absolute Gasteiger partial charge is 0.237 e. The van der Waals surface area contributed by atoms with E-state index in [1.54, 1.807) is 11.8 Å². The molecule has 1 unspecified atom stereocenters. The van der Waals surface area contributed by atoms with E-state index >= 15 is 0 Å². The van der Waals surface area contributed by atoms with Gasteiger partial charge in [-0.05, 0) is 31.0 Å². The fraction of sp³-hybridized carbons (Fsp3) is 0.429. The van der Waals surface area contributed by atoms with Gasteiger partial charge in [-0.25, -0.2) is 0 Å². The van der Waals surface area contributed by atoms with Gasteiger partial charge in [-0.2, -0.15) is 0 Å². The van der Waals surface area contributed by atoms with Crippen molar-refractivity contribution in [3.63, 3.8) is 0 Å². The number of thioether (sulfide) groups is 1. The Labute approximate surface area is 122 Å². The van der Waals surface area contributed by atoms with Crippen molar-refractivity contribution < 1.29 is 14.7 Å². The van der Waals surface area contributed by atoms with Gasteiger partial charge in [0.2, 0.25) is 11.8 Å². The lowest BCUT2D eigenvalue weighted by Crippen LogP contribution is -2.36. The van der Waals surface area contributed by atoms with E-state index in [4.69, 9.17) is 5.73 Å². The van der Waals surface area contributed by atoms with E-state index in [2.05, 4.69) is 0 Å². The number of hydrogen-bond donors (Lipinski definition) is 2. The van der Waals surface area contributed by atoms with Crippen molar-refractivity contribution in [1.82, 2.24) is 0 Å². The van der Waals surface area contributed by atoms with Crippen molar-refractivity contribution >= 4 is 29.3 Å². The zero-order chi connectivity index (χ0) is 14.7. The molecule has 5 nitrogen and oxygen atoms in total. The van der Waals surface area contributed by atoms with Crippen molar-refractivity contribution in [3.05, 3.63) is 23.8 Å². The molecule has 1 heterocycles. The summed E-state index contributed by atoms with van der Waals surface area (Å²) < 4.78 is 0. The fourth-order valence-corrected chi connectivity index (χ4v) is 3.12.